The van der Waals surface area contributed by atoms with Crippen LogP contribution >= 0.6 is 0 Å². The molecule has 7 nitrogen and oxygen atoms in total. The molecule has 0 atom stereocenters. The molecule has 1 heterocycles. The third-order valence-corrected chi connectivity index (χ3v) is 3.63. The lowest BCUT2D eigenvalue weighted by molar-refractivity contribution is -0.141. The Morgan fingerprint density at radius 1 is 1.14 bits per heavy atom. The maximum absolute atomic E-state index is 12.5. The van der Waals surface area contributed by atoms with Crippen LogP contribution in [0.4, 0.5) is 13.2 Å². The maximum atomic E-state index is 12.5. The number of rotatable bonds is 7. The Balaban J connectivity index is 1.79. The van der Waals surface area contributed by atoms with E-state index in [1.54, 1.807) is 12.1 Å². The molecular weight excluding hydrogens is 377 g/mol. The first-order valence-corrected chi connectivity index (χ1v) is 8.58. The van der Waals surface area contributed by atoms with Gasteiger partial charge < -0.3 is 4.74 Å². The van der Waals surface area contributed by atoms with Crippen molar-refractivity contribution < 1.29 is 27.5 Å². The summed E-state index contributed by atoms with van der Waals surface area (Å²) >= 11 is 0. The lowest BCUT2D eigenvalue weighted by atomic mass is 10.1. The van der Waals surface area contributed by atoms with Gasteiger partial charge in [-0.3, -0.25) is 25.1 Å². The van der Waals surface area contributed by atoms with E-state index in [1.807, 2.05) is 0 Å². The second-order valence-corrected chi connectivity index (χ2v) is 6.45. The number of benzene rings is 1. The maximum Gasteiger partial charge on any atom is 0.435 e. The minimum atomic E-state index is -4.58. The van der Waals surface area contributed by atoms with Crippen molar-refractivity contribution in [2.24, 2.45) is 5.92 Å². The van der Waals surface area contributed by atoms with Crippen molar-refractivity contribution in [2.75, 3.05) is 6.61 Å². The third kappa shape index (κ3) is 6.60. The molecule has 1 aromatic heterocycles. The van der Waals surface area contributed by atoms with Crippen LogP contribution in [0.25, 0.3) is 0 Å². The number of carbonyl (C=O) groups excluding carboxylic acids is 2. The number of alkyl halides is 3. The molecule has 0 bridgehead atoms. The van der Waals surface area contributed by atoms with Crippen molar-refractivity contribution >= 4 is 11.8 Å². The minimum Gasteiger partial charge on any atom is -0.494 e. The first kappa shape index (κ1) is 21.3. The highest BCUT2D eigenvalue weighted by molar-refractivity contribution is 5.95. The van der Waals surface area contributed by atoms with E-state index in [4.69, 9.17) is 4.74 Å². The molecule has 0 aliphatic rings. The summed E-state index contributed by atoms with van der Waals surface area (Å²) in [6.07, 6.45) is -2.64. The zero-order chi connectivity index (χ0) is 20.7. The van der Waals surface area contributed by atoms with E-state index in [9.17, 15) is 22.8 Å². The number of hydrogen-bond acceptors (Lipinski definition) is 4. The fourth-order valence-corrected chi connectivity index (χ4v) is 2.10. The summed E-state index contributed by atoms with van der Waals surface area (Å²) in [7, 11) is 0. The average Bonchev–Trinajstić information content (AvgIpc) is 3.09. The largest absolute Gasteiger partial charge is 0.494 e. The molecule has 0 saturated carbocycles. The lowest BCUT2D eigenvalue weighted by Crippen LogP contribution is -2.43. The molecular formula is C18H21F3N4O3. The summed E-state index contributed by atoms with van der Waals surface area (Å²) in [5, 5.41) is 3.26. The van der Waals surface area contributed by atoms with E-state index in [0.29, 0.717) is 18.3 Å². The van der Waals surface area contributed by atoms with Crippen LogP contribution in [0.3, 0.4) is 0 Å². The molecule has 152 valence electrons. The number of nitrogens with one attached hydrogen (secondary N) is 2. The highest BCUT2D eigenvalue weighted by Gasteiger charge is 2.33. The van der Waals surface area contributed by atoms with Gasteiger partial charge in [0.25, 0.3) is 11.8 Å². The molecule has 1 aromatic carbocycles. The van der Waals surface area contributed by atoms with Crippen LogP contribution in [0.5, 0.6) is 5.75 Å². The molecule has 2 N–H and O–H groups in total. The Morgan fingerprint density at radius 3 is 2.39 bits per heavy atom. The molecule has 0 unspecified atom stereocenters. The van der Waals surface area contributed by atoms with Crippen LogP contribution in [-0.2, 0) is 17.5 Å². The van der Waals surface area contributed by atoms with Gasteiger partial charge in [-0.05, 0) is 42.7 Å². The van der Waals surface area contributed by atoms with Crippen molar-refractivity contribution in [3.05, 3.63) is 47.8 Å². The predicted octanol–water partition coefficient (Wildman–Crippen LogP) is 2.79. The van der Waals surface area contributed by atoms with Gasteiger partial charge in [-0.1, -0.05) is 13.8 Å². The van der Waals surface area contributed by atoms with Crippen LogP contribution in [0.2, 0.25) is 0 Å². The van der Waals surface area contributed by atoms with Gasteiger partial charge in [-0.25, -0.2) is 0 Å². The zero-order valence-corrected chi connectivity index (χ0v) is 15.4. The van der Waals surface area contributed by atoms with Crippen LogP contribution in [0.15, 0.2) is 36.5 Å². The van der Waals surface area contributed by atoms with Gasteiger partial charge >= 0.3 is 6.18 Å². The van der Waals surface area contributed by atoms with Crippen LogP contribution in [0, 0.1) is 5.92 Å². The standard InChI is InChI=1S/C18H21F3N4O3/c1-12(2)8-10-28-14-5-3-13(4-6-14)17(27)23-22-16(26)11-25-9-7-15(24-25)18(19,20)21/h3-7,9,12H,8,10-11H2,1-2H3,(H,22,26)(H,23,27). The van der Waals surface area contributed by atoms with Gasteiger partial charge in [0.2, 0.25) is 0 Å². The molecule has 2 aromatic rings. The number of ether oxygens (including phenoxy) is 1. The molecule has 2 amide bonds. The number of carbonyl (C=O) groups is 2. The Morgan fingerprint density at radius 2 is 1.82 bits per heavy atom. The van der Waals surface area contributed by atoms with E-state index >= 15 is 0 Å². The summed E-state index contributed by atoms with van der Waals surface area (Å²) in [5.74, 6) is -0.145. The quantitative estimate of drug-likeness (QED) is 0.703. The van der Waals surface area contributed by atoms with Gasteiger partial charge in [0.1, 0.15) is 12.3 Å². The zero-order valence-electron chi connectivity index (χ0n) is 15.4. The molecule has 10 heteroatoms. The minimum absolute atomic E-state index is 0.287. The first-order chi connectivity index (χ1) is 13.1. The van der Waals surface area contributed by atoms with Crippen molar-refractivity contribution in [2.45, 2.75) is 33.0 Å². The SMILES string of the molecule is CC(C)CCOc1ccc(C(=O)NNC(=O)Cn2ccc(C(F)(F)F)n2)cc1. The van der Waals surface area contributed by atoms with Gasteiger partial charge in [-0.15, -0.1) is 0 Å². The van der Waals surface area contributed by atoms with Crippen molar-refractivity contribution in [3.8, 4) is 5.75 Å². The van der Waals surface area contributed by atoms with Crippen LogP contribution in [0.1, 0.15) is 36.3 Å². The summed E-state index contributed by atoms with van der Waals surface area (Å²) in [6.45, 7) is 4.28. The lowest BCUT2D eigenvalue weighted by Gasteiger charge is -2.10. The average molecular weight is 398 g/mol. The molecule has 0 aliphatic heterocycles. The topological polar surface area (TPSA) is 85.3 Å². The van der Waals surface area contributed by atoms with E-state index in [0.717, 1.165) is 23.4 Å². The predicted molar refractivity (Wildman–Crippen MR) is 94.2 cm³/mol. The van der Waals surface area contributed by atoms with Gasteiger partial charge in [0, 0.05) is 11.8 Å². The molecule has 0 aliphatic carbocycles. The van der Waals surface area contributed by atoms with Crippen molar-refractivity contribution in [3.63, 3.8) is 0 Å². The van der Waals surface area contributed by atoms with Gasteiger partial charge in [-0.2, -0.15) is 18.3 Å². The Labute approximate surface area is 159 Å². The van der Waals surface area contributed by atoms with E-state index in [-0.39, 0.29) is 5.56 Å². The summed E-state index contributed by atoms with van der Waals surface area (Å²) in [6, 6.07) is 7.11. The molecule has 2 rings (SSSR count). The van der Waals surface area contributed by atoms with Gasteiger partial charge in [0.15, 0.2) is 5.69 Å². The third-order valence-electron chi connectivity index (χ3n) is 3.63. The highest BCUT2D eigenvalue weighted by atomic mass is 19.4. The summed E-state index contributed by atoms with van der Waals surface area (Å²) in [5.41, 5.74) is 3.51. The second-order valence-electron chi connectivity index (χ2n) is 6.45. The summed E-state index contributed by atoms with van der Waals surface area (Å²) in [4.78, 5) is 23.8. The number of halogens is 3. The Hall–Kier alpha value is -3.04. The van der Waals surface area contributed by atoms with E-state index < -0.39 is 30.2 Å². The molecule has 0 saturated heterocycles. The fraction of sp³-hybridized carbons (Fsp3) is 0.389. The Bertz CT molecular complexity index is 801. The smallest absolute Gasteiger partial charge is 0.435 e. The highest BCUT2D eigenvalue weighted by Crippen LogP contribution is 2.27. The summed E-state index contributed by atoms with van der Waals surface area (Å²) < 4.78 is 43.8. The molecule has 0 radical (unpaired) electrons. The Kier molecular flexibility index (Phi) is 7.02. The number of hydrogen-bond donors (Lipinski definition) is 2. The number of aromatic nitrogens is 2. The number of amides is 2. The van der Waals surface area contributed by atoms with E-state index in [2.05, 4.69) is 29.8 Å². The molecule has 0 fully saturated rings. The number of hydrazine groups is 1. The van der Waals surface area contributed by atoms with Crippen LogP contribution in [-0.4, -0.2) is 28.2 Å². The first-order valence-electron chi connectivity index (χ1n) is 8.58. The van der Waals surface area contributed by atoms with E-state index in [1.165, 1.54) is 12.1 Å². The van der Waals surface area contributed by atoms with Crippen molar-refractivity contribution in [1.82, 2.24) is 20.6 Å². The second kappa shape index (κ2) is 9.25. The number of nitrogens with zero attached hydrogens (tertiary/aromatic N) is 2. The van der Waals surface area contributed by atoms with Crippen molar-refractivity contribution in [1.29, 1.82) is 0 Å². The monoisotopic (exact) mass is 398 g/mol. The van der Waals surface area contributed by atoms with Crippen LogP contribution < -0.4 is 15.6 Å². The molecule has 28 heavy (non-hydrogen) atoms. The normalized spacial score (nSPS) is 11.4. The van der Waals surface area contributed by atoms with Gasteiger partial charge in [0.05, 0.1) is 6.61 Å². The molecule has 0 spiro atoms. The fourth-order valence-electron chi connectivity index (χ4n) is 2.10.